The van der Waals surface area contributed by atoms with E-state index >= 15 is 0 Å². The van der Waals surface area contributed by atoms with Crippen LogP contribution in [0.3, 0.4) is 0 Å². The molecule has 2 amide bonds. The molecular formula is C16H11Cl2F3N2O2. The van der Waals surface area contributed by atoms with E-state index in [9.17, 15) is 22.8 Å². The highest BCUT2D eigenvalue weighted by atomic mass is 35.5. The summed E-state index contributed by atoms with van der Waals surface area (Å²) in [5.41, 5.74) is -0.714. The molecule has 0 saturated heterocycles. The molecule has 0 heterocycles. The lowest BCUT2D eigenvalue weighted by atomic mass is 10.2. The summed E-state index contributed by atoms with van der Waals surface area (Å²) in [6, 6.07) is 9.50. The Kier molecular flexibility index (Phi) is 5.92. The molecule has 2 aromatic carbocycles. The highest BCUT2D eigenvalue weighted by molar-refractivity contribution is 6.39. The molecule has 2 aromatic rings. The fraction of sp³-hybridized carbons (Fsp3) is 0.125. The SMILES string of the molecule is O=C(NCc1ccccc1Cl)C(=O)Nc1ccc(Cl)c(C(F)(F)F)c1. The molecule has 0 aliphatic carbocycles. The van der Waals surface area contributed by atoms with Crippen molar-refractivity contribution in [3.63, 3.8) is 0 Å². The van der Waals surface area contributed by atoms with Crippen molar-refractivity contribution in [3.05, 3.63) is 63.6 Å². The number of alkyl halides is 3. The zero-order chi connectivity index (χ0) is 18.6. The van der Waals surface area contributed by atoms with Crippen molar-refractivity contribution in [3.8, 4) is 0 Å². The molecule has 0 spiro atoms. The molecule has 9 heteroatoms. The normalized spacial score (nSPS) is 11.1. The predicted molar refractivity (Wildman–Crippen MR) is 88.4 cm³/mol. The van der Waals surface area contributed by atoms with Crippen LogP contribution in [0.1, 0.15) is 11.1 Å². The average molecular weight is 391 g/mol. The van der Waals surface area contributed by atoms with Gasteiger partial charge in [0.1, 0.15) is 0 Å². The van der Waals surface area contributed by atoms with Gasteiger partial charge in [-0.2, -0.15) is 13.2 Å². The van der Waals surface area contributed by atoms with E-state index in [0.717, 1.165) is 12.1 Å². The second-order valence-corrected chi connectivity index (χ2v) is 5.73. The summed E-state index contributed by atoms with van der Waals surface area (Å²) in [5.74, 6) is -2.12. The molecule has 0 unspecified atom stereocenters. The zero-order valence-corrected chi connectivity index (χ0v) is 14.0. The first-order chi connectivity index (χ1) is 11.7. The van der Waals surface area contributed by atoms with Gasteiger partial charge in [0.25, 0.3) is 0 Å². The predicted octanol–water partition coefficient (Wildman–Crippen LogP) is 4.27. The maximum Gasteiger partial charge on any atom is 0.417 e. The molecule has 0 fully saturated rings. The first-order valence-electron chi connectivity index (χ1n) is 6.88. The third-order valence-corrected chi connectivity index (χ3v) is 3.83. The third-order valence-electron chi connectivity index (χ3n) is 3.13. The maximum absolute atomic E-state index is 12.8. The van der Waals surface area contributed by atoms with Gasteiger partial charge in [0.05, 0.1) is 10.6 Å². The maximum atomic E-state index is 12.8. The van der Waals surface area contributed by atoms with Crippen molar-refractivity contribution < 1.29 is 22.8 Å². The number of hydrogen-bond donors (Lipinski definition) is 2. The minimum absolute atomic E-state index is 0.000343. The highest BCUT2D eigenvalue weighted by Gasteiger charge is 2.33. The van der Waals surface area contributed by atoms with Gasteiger partial charge < -0.3 is 10.6 Å². The van der Waals surface area contributed by atoms with Crippen LogP contribution < -0.4 is 10.6 Å². The fourth-order valence-corrected chi connectivity index (χ4v) is 2.33. The van der Waals surface area contributed by atoms with Crippen LogP contribution >= 0.6 is 23.2 Å². The van der Waals surface area contributed by atoms with Crippen LogP contribution in [0.25, 0.3) is 0 Å². The van der Waals surface area contributed by atoms with Crippen molar-refractivity contribution in [1.82, 2.24) is 5.32 Å². The Bertz CT molecular complexity index is 810. The smallest absolute Gasteiger partial charge is 0.344 e. The first-order valence-corrected chi connectivity index (χ1v) is 7.63. The second kappa shape index (κ2) is 7.76. The van der Waals surface area contributed by atoms with Crippen LogP contribution in [-0.4, -0.2) is 11.8 Å². The Morgan fingerprint density at radius 2 is 1.64 bits per heavy atom. The Hall–Kier alpha value is -2.25. The van der Waals surface area contributed by atoms with E-state index in [-0.39, 0.29) is 12.2 Å². The van der Waals surface area contributed by atoms with Crippen molar-refractivity contribution in [2.24, 2.45) is 0 Å². The molecule has 0 radical (unpaired) electrons. The summed E-state index contributed by atoms with van der Waals surface area (Å²) < 4.78 is 38.3. The monoisotopic (exact) mass is 390 g/mol. The molecule has 0 bridgehead atoms. The van der Waals surface area contributed by atoms with Crippen LogP contribution in [0.5, 0.6) is 0 Å². The molecular weight excluding hydrogens is 380 g/mol. The zero-order valence-electron chi connectivity index (χ0n) is 12.5. The largest absolute Gasteiger partial charge is 0.417 e. The van der Waals surface area contributed by atoms with Gasteiger partial charge in [-0.25, -0.2) is 0 Å². The summed E-state index contributed by atoms with van der Waals surface area (Å²) in [4.78, 5) is 23.6. The van der Waals surface area contributed by atoms with Crippen LogP contribution in [0, 0.1) is 0 Å². The van der Waals surface area contributed by atoms with Crippen molar-refractivity contribution in [1.29, 1.82) is 0 Å². The van der Waals surface area contributed by atoms with Crippen LogP contribution in [-0.2, 0) is 22.3 Å². The van der Waals surface area contributed by atoms with E-state index in [1.54, 1.807) is 24.3 Å². The molecule has 0 atom stereocenters. The molecule has 0 saturated carbocycles. The van der Waals surface area contributed by atoms with E-state index in [4.69, 9.17) is 23.2 Å². The number of benzene rings is 2. The molecule has 0 aromatic heterocycles. The molecule has 25 heavy (non-hydrogen) atoms. The molecule has 0 aliphatic heterocycles. The Balaban J connectivity index is 2.02. The number of halogens is 5. The van der Waals surface area contributed by atoms with E-state index in [1.807, 2.05) is 0 Å². The highest BCUT2D eigenvalue weighted by Crippen LogP contribution is 2.36. The minimum atomic E-state index is -4.68. The summed E-state index contributed by atoms with van der Waals surface area (Å²) in [6.07, 6.45) is -4.68. The lowest BCUT2D eigenvalue weighted by molar-refractivity contribution is -0.137. The summed E-state index contributed by atoms with van der Waals surface area (Å²) in [5, 5.41) is 4.33. The number of anilines is 1. The van der Waals surface area contributed by atoms with E-state index < -0.39 is 28.6 Å². The van der Waals surface area contributed by atoms with Gasteiger partial charge in [-0.3, -0.25) is 9.59 Å². The fourth-order valence-electron chi connectivity index (χ4n) is 1.91. The van der Waals surface area contributed by atoms with Gasteiger partial charge >= 0.3 is 18.0 Å². The summed E-state index contributed by atoms with van der Waals surface area (Å²) in [6.45, 7) is 0.000343. The second-order valence-electron chi connectivity index (χ2n) is 4.92. The van der Waals surface area contributed by atoms with Gasteiger partial charge in [0.15, 0.2) is 0 Å². The van der Waals surface area contributed by atoms with Crippen molar-refractivity contribution >= 4 is 40.7 Å². The van der Waals surface area contributed by atoms with E-state index in [0.29, 0.717) is 16.7 Å². The van der Waals surface area contributed by atoms with Crippen LogP contribution in [0.15, 0.2) is 42.5 Å². The van der Waals surface area contributed by atoms with Crippen LogP contribution in [0.2, 0.25) is 10.0 Å². The number of amides is 2. The third kappa shape index (κ3) is 5.11. The standard InChI is InChI=1S/C16H11Cl2F3N2O2/c17-12-4-2-1-3-9(12)8-22-14(24)15(25)23-10-5-6-13(18)11(7-10)16(19,20)21/h1-7H,8H2,(H,22,24)(H,23,25). The Labute approximate surface area is 150 Å². The number of hydrogen-bond acceptors (Lipinski definition) is 2. The van der Waals surface area contributed by atoms with E-state index in [2.05, 4.69) is 10.6 Å². The number of rotatable bonds is 3. The van der Waals surface area contributed by atoms with Gasteiger partial charge in [-0.1, -0.05) is 41.4 Å². The first kappa shape index (κ1) is 19.1. The van der Waals surface area contributed by atoms with Gasteiger partial charge in [0.2, 0.25) is 0 Å². The molecule has 2 rings (SSSR count). The van der Waals surface area contributed by atoms with Gasteiger partial charge in [-0.05, 0) is 29.8 Å². The Morgan fingerprint density at radius 1 is 0.960 bits per heavy atom. The van der Waals surface area contributed by atoms with Crippen molar-refractivity contribution in [2.75, 3.05) is 5.32 Å². The van der Waals surface area contributed by atoms with Gasteiger partial charge in [-0.15, -0.1) is 0 Å². The topological polar surface area (TPSA) is 58.2 Å². The summed E-state index contributed by atoms with van der Waals surface area (Å²) in [7, 11) is 0. The van der Waals surface area contributed by atoms with Gasteiger partial charge in [0, 0.05) is 17.3 Å². The minimum Gasteiger partial charge on any atom is -0.344 e. The number of carbonyl (C=O) groups is 2. The number of nitrogens with one attached hydrogen (secondary N) is 2. The quantitative estimate of drug-likeness (QED) is 0.768. The van der Waals surface area contributed by atoms with Crippen molar-refractivity contribution in [2.45, 2.75) is 12.7 Å². The molecule has 4 nitrogen and oxygen atoms in total. The number of carbonyl (C=O) groups excluding carboxylic acids is 2. The van der Waals surface area contributed by atoms with E-state index in [1.165, 1.54) is 0 Å². The lowest BCUT2D eigenvalue weighted by Crippen LogP contribution is -2.35. The summed E-state index contributed by atoms with van der Waals surface area (Å²) >= 11 is 11.4. The average Bonchev–Trinajstić information content (AvgIpc) is 2.54. The Morgan fingerprint density at radius 3 is 2.28 bits per heavy atom. The van der Waals surface area contributed by atoms with Crippen LogP contribution in [0.4, 0.5) is 18.9 Å². The molecule has 2 N–H and O–H groups in total. The molecule has 0 aliphatic rings. The lowest BCUT2D eigenvalue weighted by Gasteiger charge is -2.12. The molecule has 132 valence electrons.